The van der Waals surface area contributed by atoms with Gasteiger partial charge in [-0.15, -0.1) is 21.5 Å². The van der Waals surface area contributed by atoms with Crippen LogP contribution in [-0.4, -0.2) is 49.1 Å². The molecule has 0 spiro atoms. The van der Waals surface area contributed by atoms with E-state index in [1.165, 1.54) is 21.6 Å². The van der Waals surface area contributed by atoms with Gasteiger partial charge in [-0.2, -0.15) is 4.80 Å². The van der Waals surface area contributed by atoms with Crippen molar-refractivity contribution in [2.75, 3.05) is 13.1 Å². The van der Waals surface area contributed by atoms with Crippen LogP contribution in [-0.2, 0) is 11.3 Å². The number of piperidine rings is 1. The van der Waals surface area contributed by atoms with Crippen LogP contribution in [0, 0.1) is 5.82 Å². The van der Waals surface area contributed by atoms with E-state index in [4.69, 9.17) is 4.98 Å². The number of fused-ring (bicyclic) bond motifs is 1. The van der Waals surface area contributed by atoms with Crippen molar-refractivity contribution < 1.29 is 9.18 Å². The zero-order valence-corrected chi connectivity index (χ0v) is 16.9. The SMILES string of the molecule is O=C(Cn1nnc(-c2ccc(F)cc2)n1)N1CCC(c2nc3ccccc3s2)CC1. The van der Waals surface area contributed by atoms with Gasteiger partial charge < -0.3 is 4.90 Å². The van der Waals surface area contributed by atoms with Gasteiger partial charge in [-0.25, -0.2) is 9.37 Å². The number of carbonyl (C=O) groups excluding carboxylic acids is 1. The molecule has 7 nitrogen and oxygen atoms in total. The molecule has 0 aliphatic carbocycles. The van der Waals surface area contributed by atoms with E-state index in [2.05, 4.69) is 21.5 Å². The van der Waals surface area contributed by atoms with Crippen LogP contribution in [0.3, 0.4) is 0 Å². The minimum atomic E-state index is -0.324. The first-order valence-corrected chi connectivity index (χ1v) is 10.6. The summed E-state index contributed by atoms with van der Waals surface area (Å²) < 4.78 is 14.3. The fourth-order valence-electron chi connectivity index (χ4n) is 3.69. The summed E-state index contributed by atoms with van der Waals surface area (Å²) in [5.74, 6) is 0.412. The lowest BCUT2D eigenvalue weighted by atomic mass is 9.97. The van der Waals surface area contributed by atoms with E-state index in [1.807, 2.05) is 23.1 Å². The van der Waals surface area contributed by atoms with Crippen molar-refractivity contribution in [2.24, 2.45) is 0 Å². The molecule has 2 aromatic carbocycles. The Morgan fingerprint density at radius 3 is 2.63 bits per heavy atom. The summed E-state index contributed by atoms with van der Waals surface area (Å²) in [5, 5.41) is 13.3. The second-order valence-electron chi connectivity index (χ2n) is 7.33. The van der Waals surface area contributed by atoms with Crippen LogP contribution in [0.15, 0.2) is 48.5 Å². The second kappa shape index (κ2) is 7.91. The highest BCUT2D eigenvalue weighted by atomic mass is 32.1. The molecule has 0 bridgehead atoms. The monoisotopic (exact) mass is 422 g/mol. The third-order valence-electron chi connectivity index (χ3n) is 5.34. The Bertz CT molecular complexity index is 1150. The normalized spacial score (nSPS) is 15.0. The van der Waals surface area contributed by atoms with E-state index in [9.17, 15) is 9.18 Å². The molecule has 1 amide bonds. The predicted octanol–water partition coefficient (Wildman–Crippen LogP) is 3.50. The summed E-state index contributed by atoms with van der Waals surface area (Å²) in [7, 11) is 0. The van der Waals surface area contributed by atoms with Gasteiger partial charge in [0.05, 0.1) is 15.2 Å². The van der Waals surface area contributed by atoms with Gasteiger partial charge >= 0.3 is 0 Å². The number of tetrazole rings is 1. The van der Waals surface area contributed by atoms with Crippen LogP contribution in [0.25, 0.3) is 21.6 Å². The van der Waals surface area contributed by atoms with E-state index in [0.29, 0.717) is 30.4 Å². The van der Waals surface area contributed by atoms with Gasteiger partial charge in [0.15, 0.2) is 0 Å². The average Bonchev–Trinajstić information content (AvgIpc) is 3.41. The van der Waals surface area contributed by atoms with Gasteiger partial charge in [0, 0.05) is 24.6 Å². The molecule has 0 unspecified atom stereocenters. The first-order valence-electron chi connectivity index (χ1n) is 9.83. The van der Waals surface area contributed by atoms with Gasteiger partial charge in [-0.1, -0.05) is 12.1 Å². The number of nitrogens with zero attached hydrogens (tertiary/aromatic N) is 6. The largest absolute Gasteiger partial charge is 0.341 e. The van der Waals surface area contributed by atoms with Crippen LogP contribution in [0.2, 0.25) is 0 Å². The zero-order chi connectivity index (χ0) is 20.5. The van der Waals surface area contributed by atoms with Gasteiger partial charge in [0.2, 0.25) is 11.7 Å². The maximum Gasteiger partial charge on any atom is 0.246 e. The highest BCUT2D eigenvalue weighted by molar-refractivity contribution is 7.18. The molecule has 4 aromatic rings. The van der Waals surface area contributed by atoms with Crippen molar-refractivity contribution in [3.8, 4) is 11.4 Å². The molecule has 0 radical (unpaired) electrons. The number of hydrogen-bond donors (Lipinski definition) is 0. The van der Waals surface area contributed by atoms with E-state index >= 15 is 0 Å². The van der Waals surface area contributed by atoms with Crippen molar-refractivity contribution in [1.82, 2.24) is 30.1 Å². The summed E-state index contributed by atoms with van der Waals surface area (Å²) >= 11 is 1.75. The molecule has 30 heavy (non-hydrogen) atoms. The zero-order valence-electron chi connectivity index (χ0n) is 16.1. The van der Waals surface area contributed by atoms with Crippen molar-refractivity contribution >= 4 is 27.5 Å². The lowest BCUT2D eigenvalue weighted by Gasteiger charge is -2.30. The lowest BCUT2D eigenvalue weighted by Crippen LogP contribution is -2.40. The van der Waals surface area contributed by atoms with Gasteiger partial charge in [-0.05, 0) is 54.5 Å². The van der Waals surface area contributed by atoms with Gasteiger partial charge in [-0.3, -0.25) is 4.79 Å². The van der Waals surface area contributed by atoms with Crippen LogP contribution >= 0.6 is 11.3 Å². The van der Waals surface area contributed by atoms with Crippen LogP contribution < -0.4 is 0 Å². The Morgan fingerprint density at radius 1 is 1.10 bits per heavy atom. The number of rotatable bonds is 4. The smallest absolute Gasteiger partial charge is 0.246 e. The Kier molecular flexibility index (Phi) is 4.96. The highest BCUT2D eigenvalue weighted by Crippen LogP contribution is 2.33. The standard InChI is InChI=1S/C21H19FN6OS/c22-16-7-5-14(6-8-16)20-24-26-28(25-20)13-19(29)27-11-9-15(10-12-27)21-23-17-3-1-2-4-18(17)30-21/h1-8,15H,9-13H2. The Morgan fingerprint density at radius 2 is 1.87 bits per heavy atom. The number of likely N-dealkylation sites (tertiary alicyclic amines) is 1. The summed E-state index contributed by atoms with van der Waals surface area (Å²) in [6.45, 7) is 1.43. The molecule has 9 heteroatoms. The Hall–Kier alpha value is -3.20. The minimum Gasteiger partial charge on any atom is -0.341 e. The molecule has 152 valence electrons. The maximum atomic E-state index is 13.1. The molecule has 0 N–H and O–H groups in total. The molecule has 1 aliphatic rings. The summed E-state index contributed by atoms with van der Waals surface area (Å²) in [5.41, 5.74) is 1.71. The number of thiazole rings is 1. The number of amides is 1. The fraction of sp³-hybridized carbons (Fsp3) is 0.286. The molecule has 0 saturated carbocycles. The third kappa shape index (κ3) is 3.80. The summed E-state index contributed by atoms with van der Waals surface area (Å²) in [4.78, 5) is 20.6. The number of benzene rings is 2. The predicted molar refractivity (Wildman–Crippen MR) is 111 cm³/mol. The quantitative estimate of drug-likeness (QED) is 0.503. The second-order valence-corrected chi connectivity index (χ2v) is 8.39. The number of carbonyl (C=O) groups is 1. The number of hydrogen-bond acceptors (Lipinski definition) is 6. The van der Waals surface area contributed by atoms with E-state index < -0.39 is 0 Å². The summed E-state index contributed by atoms with van der Waals surface area (Å²) in [6, 6.07) is 14.0. The number of aromatic nitrogens is 5. The topological polar surface area (TPSA) is 76.8 Å². The maximum absolute atomic E-state index is 13.1. The first-order chi connectivity index (χ1) is 14.7. The number of halogens is 1. The summed E-state index contributed by atoms with van der Waals surface area (Å²) in [6.07, 6.45) is 1.80. The highest BCUT2D eigenvalue weighted by Gasteiger charge is 2.26. The van der Waals surface area contributed by atoms with Crippen molar-refractivity contribution in [3.63, 3.8) is 0 Å². The van der Waals surface area contributed by atoms with Crippen molar-refractivity contribution in [2.45, 2.75) is 25.3 Å². The first kappa shape index (κ1) is 18.8. The fourth-order valence-corrected chi connectivity index (χ4v) is 4.82. The van der Waals surface area contributed by atoms with E-state index in [-0.39, 0.29) is 18.3 Å². The molecule has 3 heterocycles. The van der Waals surface area contributed by atoms with Crippen LogP contribution in [0.1, 0.15) is 23.8 Å². The Labute approximate surface area is 176 Å². The molecular formula is C21H19FN6OS. The van der Waals surface area contributed by atoms with Crippen LogP contribution in [0.4, 0.5) is 4.39 Å². The molecular weight excluding hydrogens is 403 g/mol. The molecule has 0 atom stereocenters. The van der Waals surface area contributed by atoms with Crippen molar-refractivity contribution in [3.05, 3.63) is 59.4 Å². The van der Waals surface area contributed by atoms with E-state index in [1.54, 1.807) is 23.5 Å². The van der Waals surface area contributed by atoms with Crippen LogP contribution in [0.5, 0.6) is 0 Å². The minimum absolute atomic E-state index is 0.0270. The molecule has 5 rings (SSSR count). The molecule has 2 aromatic heterocycles. The van der Waals surface area contributed by atoms with Gasteiger partial charge in [0.25, 0.3) is 0 Å². The van der Waals surface area contributed by atoms with E-state index in [0.717, 1.165) is 23.4 Å². The molecule has 1 fully saturated rings. The average molecular weight is 422 g/mol. The van der Waals surface area contributed by atoms with Gasteiger partial charge in [0.1, 0.15) is 12.4 Å². The molecule has 1 aliphatic heterocycles. The third-order valence-corrected chi connectivity index (χ3v) is 6.54. The molecule has 1 saturated heterocycles. The lowest BCUT2D eigenvalue weighted by molar-refractivity contribution is -0.133. The Balaban J connectivity index is 1.19. The van der Waals surface area contributed by atoms with Crippen molar-refractivity contribution in [1.29, 1.82) is 0 Å². The number of para-hydroxylation sites is 1.